The number of halogens is 1. The van der Waals surface area contributed by atoms with Crippen molar-refractivity contribution in [2.45, 2.75) is 6.54 Å². The van der Waals surface area contributed by atoms with Crippen molar-refractivity contribution in [3.63, 3.8) is 0 Å². The van der Waals surface area contributed by atoms with Crippen LogP contribution in [0.2, 0.25) is 0 Å². The van der Waals surface area contributed by atoms with Crippen LogP contribution in [0.25, 0.3) is 10.9 Å². The average molecular weight is 294 g/mol. The van der Waals surface area contributed by atoms with Crippen molar-refractivity contribution in [3.05, 3.63) is 77.7 Å². The highest BCUT2D eigenvalue weighted by Crippen LogP contribution is 2.15. The number of rotatable bonds is 3. The molecule has 2 aromatic carbocycles. The van der Waals surface area contributed by atoms with Gasteiger partial charge in [0.15, 0.2) is 0 Å². The van der Waals surface area contributed by atoms with Gasteiger partial charge in [-0.2, -0.15) is 0 Å². The van der Waals surface area contributed by atoms with Crippen LogP contribution in [0, 0.1) is 5.82 Å². The second kappa shape index (κ2) is 5.93. The Kier molecular flexibility index (Phi) is 3.83. The molecule has 0 atom stereocenters. The normalized spacial score (nSPS) is 10.6. The smallest absolute Gasteiger partial charge is 0.253 e. The molecule has 0 aliphatic rings. The summed E-state index contributed by atoms with van der Waals surface area (Å²) in [6.45, 7) is 0.452. The summed E-state index contributed by atoms with van der Waals surface area (Å²) in [5.74, 6) is -0.494. The number of hydrogen-bond donors (Lipinski definition) is 0. The molecule has 0 unspecified atom stereocenters. The van der Waals surface area contributed by atoms with Gasteiger partial charge >= 0.3 is 0 Å². The quantitative estimate of drug-likeness (QED) is 0.739. The highest BCUT2D eigenvalue weighted by molar-refractivity contribution is 5.94. The lowest BCUT2D eigenvalue weighted by Gasteiger charge is -2.17. The van der Waals surface area contributed by atoms with Gasteiger partial charge in [0.1, 0.15) is 5.82 Å². The van der Waals surface area contributed by atoms with Crippen molar-refractivity contribution in [2.24, 2.45) is 0 Å². The highest BCUT2D eigenvalue weighted by atomic mass is 19.1. The first-order chi connectivity index (χ1) is 10.6. The number of carbonyl (C=O) groups excluding carboxylic acids is 1. The van der Waals surface area contributed by atoms with Crippen molar-refractivity contribution >= 4 is 16.8 Å². The molecule has 0 bridgehead atoms. The van der Waals surface area contributed by atoms with E-state index in [9.17, 15) is 9.18 Å². The maximum Gasteiger partial charge on any atom is 0.253 e. The molecule has 0 radical (unpaired) electrons. The van der Waals surface area contributed by atoms with Crippen molar-refractivity contribution in [1.29, 1.82) is 0 Å². The van der Waals surface area contributed by atoms with Crippen LogP contribution in [0.3, 0.4) is 0 Å². The topological polar surface area (TPSA) is 33.2 Å². The van der Waals surface area contributed by atoms with Crippen LogP contribution in [0.4, 0.5) is 4.39 Å². The molecule has 1 heterocycles. The molecular weight excluding hydrogens is 279 g/mol. The molecule has 3 nitrogen and oxygen atoms in total. The van der Waals surface area contributed by atoms with E-state index in [-0.39, 0.29) is 11.7 Å². The fraction of sp³-hybridized carbons (Fsp3) is 0.111. The van der Waals surface area contributed by atoms with Crippen LogP contribution in [-0.2, 0) is 6.54 Å². The monoisotopic (exact) mass is 294 g/mol. The molecular formula is C18H15FN2O. The van der Waals surface area contributed by atoms with Crippen LogP contribution in [0.1, 0.15) is 15.9 Å². The zero-order valence-electron chi connectivity index (χ0n) is 12.2. The second-order valence-corrected chi connectivity index (χ2v) is 5.20. The first kappa shape index (κ1) is 14.2. The molecule has 0 fully saturated rings. The maximum atomic E-state index is 12.9. The van der Waals surface area contributed by atoms with E-state index in [2.05, 4.69) is 4.98 Å². The Labute approximate surface area is 128 Å². The predicted octanol–water partition coefficient (Wildman–Crippen LogP) is 3.65. The maximum absolute atomic E-state index is 12.9. The van der Waals surface area contributed by atoms with Crippen molar-refractivity contribution in [2.75, 3.05) is 7.05 Å². The van der Waals surface area contributed by atoms with Crippen LogP contribution >= 0.6 is 0 Å². The molecule has 0 spiro atoms. The number of nitrogens with zero attached hydrogens (tertiary/aromatic N) is 2. The third-order valence-electron chi connectivity index (χ3n) is 3.50. The Balaban J connectivity index is 1.78. The van der Waals surface area contributed by atoms with Crippen LogP contribution in [0.5, 0.6) is 0 Å². The summed E-state index contributed by atoms with van der Waals surface area (Å²) in [5, 5.41) is 1.04. The van der Waals surface area contributed by atoms with Gasteiger partial charge in [-0.25, -0.2) is 4.39 Å². The van der Waals surface area contributed by atoms with E-state index < -0.39 is 0 Å². The Morgan fingerprint density at radius 2 is 1.86 bits per heavy atom. The van der Waals surface area contributed by atoms with Crippen molar-refractivity contribution < 1.29 is 9.18 Å². The van der Waals surface area contributed by atoms with E-state index in [0.29, 0.717) is 12.1 Å². The first-order valence-corrected chi connectivity index (χ1v) is 6.98. The van der Waals surface area contributed by atoms with Gasteiger partial charge in [0.2, 0.25) is 0 Å². The molecule has 3 aromatic rings. The summed E-state index contributed by atoms with van der Waals surface area (Å²) in [6.07, 6.45) is 1.77. The Bertz CT molecular complexity index is 815. The van der Waals surface area contributed by atoms with Crippen molar-refractivity contribution in [1.82, 2.24) is 9.88 Å². The predicted molar refractivity (Wildman–Crippen MR) is 83.9 cm³/mol. The Morgan fingerprint density at radius 3 is 2.64 bits per heavy atom. The van der Waals surface area contributed by atoms with Gasteiger partial charge in [-0.05, 0) is 42.0 Å². The fourth-order valence-corrected chi connectivity index (χ4v) is 2.36. The molecule has 0 N–H and O–H groups in total. The fourth-order valence-electron chi connectivity index (χ4n) is 2.36. The molecule has 22 heavy (non-hydrogen) atoms. The van der Waals surface area contributed by atoms with E-state index in [4.69, 9.17) is 0 Å². The van der Waals surface area contributed by atoms with Crippen LogP contribution < -0.4 is 0 Å². The van der Waals surface area contributed by atoms with Gasteiger partial charge in [-0.3, -0.25) is 9.78 Å². The zero-order chi connectivity index (χ0) is 15.5. The van der Waals surface area contributed by atoms with E-state index in [1.165, 1.54) is 24.3 Å². The summed E-state index contributed by atoms with van der Waals surface area (Å²) >= 11 is 0. The van der Waals surface area contributed by atoms with Crippen LogP contribution in [-0.4, -0.2) is 22.8 Å². The average Bonchev–Trinajstić information content (AvgIpc) is 2.55. The lowest BCUT2D eigenvalue weighted by atomic mass is 10.1. The summed E-state index contributed by atoms with van der Waals surface area (Å²) in [5.41, 5.74) is 2.35. The van der Waals surface area contributed by atoms with E-state index in [1.807, 2.05) is 30.3 Å². The van der Waals surface area contributed by atoms with E-state index in [1.54, 1.807) is 18.1 Å². The molecule has 3 rings (SSSR count). The third-order valence-corrected chi connectivity index (χ3v) is 3.50. The number of benzene rings is 2. The Morgan fingerprint density at radius 1 is 1.14 bits per heavy atom. The SMILES string of the molecule is CN(Cc1cnc2ccccc2c1)C(=O)c1ccc(F)cc1. The van der Waals surface area contributed by atoms with Gasteiger partial charge in [-0.1, -0.05) is 18.2 Å². The number of amides is 1. The minimum absolute atomic E-state index is 0.145. The standard InChI is InChI=1S/C18H15FN2O/c1-21(18(22)14-6-8-16(19)9-7-14)12-13-10-15-4-2-3-5-17(15)20-11-13/h2-11H,12H2,1H3. The minimum Gasteiger partial charge on any atom is -0.337 e. The van der Waals surface area contributed by atoms with E-state index in [0.717, 1.165) is 16.5 Å². The Hall–Kier alpha value is -2.75. The molecule has 0 aliphatic carbocycles. The number of hydrogen-bond acceptors (Lipinski definition) is 2. The van der Waals surface area contributed by atoms with Crippen molar-refractivity contribution in [3.8, 4) is 0 Å². The van der Waals surface area contributed by atoms with Gasteiger partial charge in [0, 0.05) is 30.7 Å². The number of carbonyl (C=O) groups is 1. The van der Waals surface area contributed by atoms with Gasteiger partial charge < -0.3 is 4.90 Å². The molecule has 0 saturated carbocycles. The second-order valence-electron chi connectivity index (χ2n) is 5.20. The summed E-state index contributed by atoms with van der Waals surface area (Å²) in [7, 11) is 1.72. The first-order valence-electron chi connectivity index (χ1n) is 6.98. The summed E-state index contributed by atoms with van der Waals surface area (Å²) < 4.78 is 12.9. The summed E-state index contributed by atoms with van der Waals surface area (Å²) in [4.78, 5) is 18.3. The van der Waals surface area contributed by atoms with Crippen LogP contribution in [0.15, 0.2) is 60.8 Å². The van der Waals surface area contributed by atoms with E-state index >= 15 is 0 Å². The lowest BCUT2D eigenvalue weighted by Crippen LogP contribution is -2.26. The summed E-state index contributed by atoms with van der Waals surface area (Å²) in [6, 6.07) is 15.4. The molecule has 0 aliphatic heterocycles. The zero-order valence-corrected chi connectivity index (χ0v) is 12.2. The molecule has 1 aromatic heterocycles. The lowest BCUT2D eigenvalue weighted by molar-refractivity contribution is 0.0785. The number of aromatic nitrogens is 1. The van der Waals surface area contributed by atoms with Gasteiger partial charge in [0.05, 0.1) is 5.52 Å². The molecule has 4 heteroatoms. The molecule has 1 amide bonds. The van der Waals surface area contributed by atoms with Gasteiger partial charge in [0.25, 0.3) is 5.91 Å². The number of pyridine rings is 1. The van der Waals surface area contributed by atoms with Gasteiger partial charge in [-0.15, -0.1) is 0 Å². The molecule has 0 saturated heterocycles. The minimum atomic E-state index is -0.349. The third kappa shape index (κ3) is 2.96. The number of para-hydroxylation sites is 1. The highest BCUT2D eigenvalue weighted by Gasteiger charge is 2.12. The molecule has 110 valence electrons. The number of fused-ring (bicyclic) bond motifs is 1. The largest absolute Gasteiger partial charge is 0.337 e.